The Morgan fingerprint density at radius 2 is 2.11 bits per heavy atom. The van der Waals surface area contributed by atoms with Gasteiger partial charge in [-0.1, -0.05) is 29.3 Å². The lowest BCUT2D eigenvalue weighted by Gasteiger charge is -2.12. The molecule has 146 valence electrons. The minimum Gasteiger partial charge on any atom is -0.291 e. The van der Waals surface area contributed by atoms with Crippen LogP contribution in [-0.2, 0) is 11.3 Å². The van der Waals surface area contributed by atoms with Gasteiger partial charge in [0.15, 0.2) is 0 Å². The number of nitro groups is 1. The largest absolute Gasteiger partial charge is 0.309 e. The van der Waals surface area contributed by atoms with E-state index in [9.17, 15) is 14.9 Å². The van der Waals surface area contributed by atoms with Gasteiger partial charge in [0.05, 0.1) is 21.5 Å². The zero-order chi connectivity index (χ0) is 20.4. The number of carbonyl (C=O) groups is 1. The fourth-order valence-electron chi connectivity index (χ4n) is 2.56. The molecule has 0 aliphatic rings. The number of amides is 1. The number of nitrogens with zero attached hydrogens (tertiary/aromatic N) is 6. The molecule has 0 radical (unpaired) electrons. The van der Waals surface area contributed by atoms with Crippen molar-refractivity contribution in [3.8, 4) is 0 Å². The average Bonchev–Trinajstić information content (AvgIpc) is 3.24. The Hall–Kier alpha value is -2.98. The zero-order valence-corrected chi connectivity index (χ0v) is 16.3. The van der Waals surface area contributed by atoms with E-state index in [1.54, 1.807) is 19.1 Å². The molecule has 2 aromatic heterocycles. The minimum atomic E-state index is -0.782. The molecule has 28 heavy (non-hydrogen) atoms. The number of hydrogen-bond donors (Lipinski definition) is 1. The van der Waals surface area contributed by atoms with E-state index in [0.717, 1.165) is 11.8 Å². The van der Waals surface area contributed by atoms with E-state index in [1.165, 1.54) is 22.6 Å². The molecule has 1 unspecified atom stereocenters. The number of rotatable bonds is 6. The SMILES string of the molecule is Cc1c([N+](=O)[O-])cnn1C(C)C(=O)Nc1ncn(Cc2ccc(Cl)c(Cl)c2)n1. The predicted molar refractivity (Wildman–Crippen MR) is 103 cm³/mol. The molecule has 1 N–H and O–H groups in total. The van der Waals surface area contributed by atoms with Crippen LogP contribution in [0.2, 0.25) is 10.0 Å². The second-order valence-electron chi connectivity index (χ2n) is 6.00. The van der Waals surface area contributed by atoms with Crippen LogP contribution in [0.15, 0.2) is 30.7 Å². The van der Waals surface area contributed by atoms with E-state index >= 15 is 0 Å². The standard InChI is InChI=1S/C16H15Cl2N7O3/c1-9-14(25(27)28)6-20-24(9)10(2)15(26)21-16-19-8-23(22-16)7-11-3-4-12(17)13(18)5-11/h3-6,8,10H,7H2,1-2H3,(H,21,22,26). The van der Waals surface area contributed by atoms with E-state index in [0.29, 0.717) is 16.6 Å². The monoisotopic (exact) mass is 423 g/mol. The van der Waals surface area contributed by atoms with Gasteiger partial charge in [-0.15, -0.1) is 5.10 Å². The Morgan fingerprint density at radius 3 is 2.75 bits per heavy atom. The molecule has 3 rings (SSSR count). The van der Waals surface area contributed by atoms with Gasteiger partial charge in [-0.25, -0.2) is 9.67 Å². The topological polar surface area (TPSA) is 121 Å². The number of benzene rings is 1. The van der Waals surface area contributed by atoms with Gasteiger partial charge >= 0.3 is 5.69 Å². The minimum absolute atomic E-state index is 0.108. The van der Waals surface area contributed by atoms with Gasteiger partial charge in [-0.05, 0) is 31.5 Å². The lowest BCUT2D eigenvalue weighted by molar-refractivity contribution is -0.385. The van der Waals surface area contributed by atoms with Crippen molar-refractivity contribution in [2.75, 3.05) is 5.32 Å². The van der Waals surface area contributed by atoms with Gasteiger partial charge in [0.25, 0.3) is 5.91 Å². The number of aromatic nitrogens is 5. The summed E-state index contributed by atoms with van der Waals surface area (Å²) >= 11 is 11.9. The molecule has 0 aliphatic carbocycles. The van der Waals surface area contributed by atoms with Crippen LogP contribution in [0, 0.1) is 17.0 Å². The Morgan fingerprint density at radius 1 is 1.36 bits per heavy atom. The first-order chi connectivity index (χ1) is 13.3. The Kier molecular flexibility index (Phi) is 5.61. The highest BCUT2D eigenvalue weighted by Gasteiger charge is 2.24. The van der Waals surface area contributed by atoms with Crippen molar-refractivity contribution in [2.45, 2.75) is 26.4 Å². The van der Waals surface area contributed by atoms with Crippen molar-refractivity contribution >= 4 is 40.7 Å². The highest BCUT2D eigenvalue weighted by molar-refractivity contribution is 6.42. The van der Waals surface area contributed by atoms with Crippen LogP contribution in [0.4, 0.5) is 11.6 Å². The smallest absolute Gasteiger partial charge is 0.291 e. The van der Waals surface area contributed by atoms with Crippen molar-refractivity contribution in [1.29, 1.82) is 0 Å². The van der Waals surface area contributed by atoms with Gasteiger partial charge in [0, 0.05) is 0 Å². The highest BCUT2D eigenvalue weighted by atomic mass is 35.5. The van der Waals surface area contributed by atoms with Crippen LogP contribution in [-0.4, -0.2) is 35.4 Å². The summed E-state index contributed by atoms with van der Waals surface area (Å²) in [6, 6.07) is 4.44. The first-order valence-corrected chi connectivity index (χ1v) is 8.84. The van der Waals surface area contributed by atoms with E-state index in [1.807, 2.05) is 6.07 Å². The number of carbonyl (C=O) groups excluding carboxylic acids is 1. The average molecular weight is 424 g/mol. The van der Waals surface area contributed by atoms with Crippen molar-refractivity contribution in [2.24, 2.45) is 0 Å². The zero-order valence-electron chi connectivity index (χ0n) is 14.8. The Bertz CT molecular complexity index is 1050. The predicted octanol–water partition coefficient (Wildman–Crippen LogP) is 3.25. The number of halogens is 2. The maximum Gasteiger partial charge on any atom is 0.309 e. The lowest BCUT2D eigenvalue weighted by Crippen LogP contribution is -2.25. The summed E-state index contributed by atoms with van der Waals surface area (Å²) in [5.74, 6) is -0.343. The van der Waals surface area contributed by atoms with Crippen LogP contribution in [0.5, 0.6) is 0 Å². The van der Waals surface area contributed by atoms with Crippen LogP contribution in [0.1, 0.15) is 24.2 Å². The molecule has 0 aliphatic heterocycles. The fourth-order valence-corrected chi connectivity index (χ4v) is 2.88. The van der Waals surface area contributed by atoms with Gasteiger partial charge in [-0.2, -0.15) is 5.10 Å². The lowest BCUT2D eigenvalue weighted by atomic mass is 10.2. The van der Waals surface area contributed by atoms with Crippen LogP contribution >= 0.6 is 23.2 Å². The molecule has 0 spiro atoms. The molecule has 10 nitrogen and oxygen atoms in total. The van der Waals surface area contributed by atoms with E-state index in [-0.39, 0.29) is 17.3 Å². The van der Waals surface area contributed by atoms with E-state index < -0.39 is 16.9 Å². The Labute approximate surface area is 169 Å². The van der Waals surface area contributed by atoms with Gasteiger partial charge in [0.2, 0.25) is 5.95 Å². The van der Waals surface area contributed by atoms with Crippen molar-refractivity contribution < 1.29 is 9.72 Å². The third kappa shape index (κ3) is 4.12. The number of hydrogen-bond acceptors (Lipinski definition) is 6. The maximum absolute atomic E-state index is 12.4. The van der Waals surface area contributed by atoms with Crippen LogP contribution < -0.4 is 5.32 Å². The summed E-state index contributed by atoms with van der Waals surface area (Å²) in [5.41, 5.74) is 0.999. The molecule has 0 fully saturated rings. The molecular formula is C16H15Cl2N7O3. The molecular weight excluding hydrogens is 409 g/mol. The maximum atomic E-state index is 12.4. The fraction of sp³-hybridized carbons (Fsp3) is 0.250. The molecule has 3 aromatic rings. The van der Waals surface area contributed by atoms with Gasteiger partial charge < -0.3 is 0 Å². The summed E-state index contributed by atoms with van der Waals surface area (Å²) in [5, 5.41) is 22.5. The van der Waals surface area contributed by atoms with Crippen LogP contribution in [0.25, 0.3) is 0 Å². The molecule has 0 bridgehead atoms. The third-order valence-electron chi connectivity index (χ3n) is 4.06. The van der Waals surface area contributed by atoms with Gasteiger partial charge in [0.1, 0.15) is 24.3 Å². The molecule has 2 heterocycles. The molecule has 0 saturated heterocycles. The molecule has 1 atom stereocenters. The molecule has 1 aromatic carbocycles. The number of anilines is 1. The quantitative estimate of drug-likeness (QED) is 0.479. The van der Waals surface area contributed by atoms with Crippen LogP contribution in [0.3, 0.4) is 0 Å². The van der Waals surface area contributed by atoms with Crippen molar-refractivity contribution in [1.82, 2.24) is 24.5 Å². The highest BCUT2D eigenvalue weighted by Crippen LogP contribution is 2.23. The molecule has 12 heteroatoms. The summed E-state index contributed by atoms with van der Waals surface area (Å²) < 4.78 is 2.81. The summed E-state index contributed by atoms with van der Waals surface area (Å²) in [6.45, 7) is 3.49. The van der Waals surface area contributed by atoms with E-state index in [2.05, 4.69) is 20.5 Å². The third-order valence-corrected chi connectivity index (χ3v) is 4.80. The summed E-state index contributed by atoms with van der Waals surface area (Å²) in [6.07, 6.45) is 2.58. The van der Waals surface area contributed by atoms with Crippen molar-refractivity contribution in [3.05, 3.63) is 62.1 Å². The summed E-state index contributed by atoms with van der Waals surface area (Å²) in [7, 11) is 0. The normalized spacial score (nSPS) is 12.0. The molecule has 0 saturated carbocycles. The number of nitrogens with one attached hydrogen (secondary N) is 1. The second-order valence-corrected chi connectivity index (χ2v) is 6.81. The second kappa shape index (κ2) is 7.95. The Balaban J connectivity index is 1.68. The van der Waals surface area contributed by atoms with E-state index in [4.69, 9.17) is 23.2 Å². The summed E-state index contributed by atoms with van der Waals surface area (Å²) in [4.78, 5) is 26.9. The van der Waals surface area contributed by atoms with Gasteiger partial charge in [-0.3, -0.25) is 24.9 Å². The first kappa shape index (κ1) is 19.8. The first-order valence-electron chi connectivity index (χ1n) is 8.09. The molecule has 1 amide bonds. The van der Waals surface area contributed by atoms with Crippen molar-refractivity contribution in [3.63, 3.8) is 0 Å².